The highest BCUT2D eigenvalue weighted by Crippen LogP contribution is 2.26. The van der Waals surface area contributed by atoms with Gasteiger partial charge in [-0.15, -0.1) is 11.3 Å². The van der Waals surface area contributed by atoms with Crippen molar-refractivity contribution in [3.05, 3.63) is 92.6 Å². The lowest BCUT2D eigenvalue weighted by molar-refractivity contribution is 0.0952. The highest BCUT2D eigenvalue weighted by Gasteiger charge is 2.25. The molecule has 0 radical (unpaired) electrons. The third kappa shape index (κ3) is 4.73. The van der Waals surface area contributed by atoms with Crippen LogP contribution < -0.4 is 21.5 Å². The quantitative estimate of drug-likeness (QED) is 0.422. The van der Waals surface area contributed by atoms with E-state index >= 15 is 0 Å². The minimum Gasteiger partial charge on any atom is -0.348 e. The lowest BCUT2D eigenvalue weighted by atomic mass is 10.1. The number of hydrogen-bond donors (Lipinski definition) is 2. The Balaban J connectivity index is 1.57. The summed E-state index contributed by atoms with van der Waals surface area (Å²) < 4.78 is 2.03. The van der Waals surface area contributed by atoms with Crippen LogP contribution in [-0.4, -0.2) is 34.6 Å². The van der Waals surface area contributed by atoms with E-state index in [-0.39, 0.29) is 24.1 Å². The molecule has 0 spiro atoms. The van der Waals surface area contributed by atoms with E-state index in [4.69, 9.17) is 10.7 Å². The van der Waals surface area contributed by atoms with Crippen molar-refractivity contribution in [2.75, 3.05) is 18.0 Å². The van der Waals surface area contributed by atoms with Crippen molar-refractivity contribution in [1.82, 2.24) is 14.9 Å². The van der Waals surface area contributed by atoms with E-state index in [0.29, 0.717) is 46.9 Å². The SMILES string of the molecule is N#Cc1ccccc1Cn1c(N2CCC[C@@H](N)C2)nc2c(C(=O)NCc3ccccc3)csc2c1=O. The smallest absolute Gasteiger partial charge is 0.273 e. The first-order chi connectivity index (χ1) is 17.5. The highest BCUT2D eigenvalue weighted by molar-refractivity contribution is 7.17. The summed E-state index contributed by atoms with van der Waals surface area (Å²) in [4.78, 5) is 33.7. The Bertz CT molecular complexity index is 1500. The van der Waals surface area contributed by atoms with Gasteiger partial charge in [-0.1, -0.05) is 48.5 Å². The first-order valence-corrected chi connectivity index (χ1v) is 12.8. The minimum absolute atomic E-state index is 0.0256. The van der Waals surface area contributed by atoms with E-state index in [0.717, 1.165) is 24.0 Å². The summed E-state index contributed by atoms with van der Waals surface area (Å²) in [7, 11) is 0. The van der Waals surface area contributed by atoms with Crippen molar-refractivity contribution in [3.63, 3.8) is 0 Å². The molecule has 2 aromatic carbocycles. The lowest BCUT2D eigenvalue weighted by Crippen LogP contribution is -2.45. The number of nitriles is 1. The fraction of sp³-hybridized carbons (Fsp3) is 0.259. The number of carbonyl (C=O) groups excluding carboxylic acids is 1. The van der Waals surface area contributed by atoms with Gasteiger partial charge in [0.15, 0.2) is 0 Å². The van der Waals surface area contributed by atoms with Crippen LogP contribution in [0.3, 0.4) is 0 Å². The van der Waals surface area contributed by atoms with E-state index in [2.05, 4.69) is 11.4 Å². The molecule has 0 saturated carbocycles. The molecule has 8 nitrogen and oxygen atoms in total. The average molecular weight is 499 g/mol. The van der Waals surface area contributed by atoms with Gasteiger partial charge in [0.1, 0.15) is 10.2 Å². The lowest BCUT2D eigenvalue weighted by Gasteiger charge is -2.33. The Hall–Kier alpha value is -4.00. The van der Waals surface area contributed by atoms with Gasteiger partial charge in [0.25, 0.3) is 11.5 Å². The Labute approximate surface area is 212 Å². The molecule has 1 atom stereocenters. The van der Waals surface area contributed by atoms with Gasteiger partial charge >= 0.3 is 0 Å². The molecule has 0 unspecified atom stereocenters. The first kappa shape index (κ1) is 23.7. The molecule has 1 aliphatic heterocycles. The number of piperidine rings is 1. The number of rotatable bonds is 6. The van der Waals surface area contributed by atoms with E-state index < -0.39 is 0 Å². The van der Waals surface area contributed by atoms with Gasteiger partial charge in [0.2, 0.25) is 5.95 Å². The molecule has 1 amide bonds. The Morgan fingerprint density at radius 1 is 1.19 bits per heavy atom. The number of nitrogens with one attached hydrogen (secondary N) is 1. The number of hydrogen-bond acceptors (Lipinski definition) is 7. The van der Waals surface area contributed by atoms with E-state index in [9.17, 15) is 14.9 Å². The van der Waals surface area contributed by atoms with Gasteiger partial charge < -0.3 is 16.0 Å². The van der Waals surface area contributed by atoms with Crippen LogP contribution in [0.5, 0.6) is 0 Å². The number of carbonyl (C=O) groups is 1. The fourth-order valence-electron chi connectivity index (χ4n) is 4.54. The molecule has 9 heteroatoms. The van der Waals surface area contributed by atoms with Crippen LogP contribution in [0.15, 0.2) is 64.8 Å². The zero-order valence-corrected chi connectivity index (χ0v) is 20.5. The van der Waals surface area contributed by atoms with Crippen LogP contribution in [0.25, 0.3) is 10.2 Å². The summed E-state index contributed by atoms with van der Waals surface area (Å²) in [6.07, 6.45) is 1.80. The van der Waals surface area contributed by atoms with Crippen molar-refractivity contribution >= 4 is 33.4 Å². The Morgan fingerprint density at radius 3 is 2.75 bits per heavy atom. The summed E-state index contributed by atoms with van der Waals surface area (Å²) in [6.45, 7) is 1.87. The summed E-state index contributed by atoms with van der Waals surface area (Å²) in [6, 6.07) is 19.1. The highest BCUT2D eigenvalue weighted by atomic mass is 32.1. The largest absolute Gasteiger partial charge is 0.348 e. The van der Waals surface area contributed by atoms with Crippen molar-refractivity contribution in [1.29, 1.82) is 5.26 Å². The Morgan fingerprint density at radius 2 is 1.97 bits per heavy atom. The van der Waals surface area contributed by atoms with Crippen LogP contribution in [0.2, 0.25) is 0 Å². The van der Waals surface area contributed by atoms with Gasteiger partial charge in [-0.3, -0.25) is 14.2 Å². The summed E-state index contributed by atoms with van der Waals surface area (Å²) in [5.41, 5.74) is 9.04. The Kier molecular flexibility index (Phi) is 6.80. The molecular weight excluding hydrogens is 472 g/mol. The number of benzene rings is 2. The summed E-state index contributed by atoms with van der Waals surface area (Å²) >= 11 is 1.22. The van der Waals surface area contributed by atoms with Crippen LogP contribution in [0.4, 0.5) is 5.95 Å². The van der Waals surface area contributed by atoms with Gasteiger partial charge in [-0.25, -0.2) is 4.98 Å². The van der Waals surface area contributed by atoms with E-state index in [1.54, 1.807) is 22.1 Å². The number of nitrogens with zero attached hydrogens (tertiary/aromatic N) is 4. The molecule has 4 aromatic rings. The second kappa shape index (κ2) is 10.3. The first-order valence-electron chi connectivity index (χ1n) is 11.9. The molecule has 0 bridgehead atoms. The molecule has 3 N–H and O–H groups in total. The molecule has 0 aliphatic carbocycles. The maximum Gasteiger partial charge on any atom is 0.273 e. The molecule has 5 rings (SSSR count). The van der Waals surface area contributed by atoms with Gasteiger partial charge in [-0.2, -0.15) is 5.26 Å². The predicted octanol–water partition coefficient (Wildman–Crippen LogP) is 3.24. The molecular formula is C27H26N6O2S. The van der Waals surface area contributed by atoms with Crippen molar-refractivity contribution in [2.45, 2.75) is 32.0 Å². The zero-order chi connectivity index (χ0) is 25.1. The van der Waals surface area contributed by atoms with E-state index in [1.165, 1.54) is 11.3 Å². The van der Waals surface area contributed by atoms with Gasteiger partial charge in [0, 0.05) is 31.1 Å². The fourth-order valence-corrected chi connectivity index (χ4v) is 5.47. The monoisotopic (exact) mass is 498 g/mol. The van der Waals surface area contributed by atoms with E-state index in [1.807, 2.05) is 47.4 Å². The van der Waals surface area contributed by atoms with Crippen LogP contribution >= 0.6 is 11.3 Å². The van der Waals surface area contributed by atoms with Gasteiger partial charge in [-0.05, 0) is 30.0 Å². The maximum absolute atomic E-state index is 13.8. The van der Waals surface area contributed by atoms with Crippen molar-refractivity contribution < 1.29 is 4.79 Å². The summed E-state index contributed by atoms with van der Waals surface area (Å²) in [5.74, 6) is 0.205. The van der Waals surface area contributed by atoms with Crippen LogP contribution in [0, 0.1) is 11.3 Å². The van der Waals surface area contributed by atoms with Crippen LogP contribution in [0.1, 0.15) is 39.9 Å². The standard InChI is InChI=1S/C27H26N6O2S/c28-13-19-9-4-5-10-20(19)15-33-26(35)24-23(31-27(33)32-12-6-11-21(29)16-32)22(17-36-24)25(34)30-14-18-7-2-1-3-8-18/h1-5,7-10,17,21H,6,11-12,14-16,29H2,(H,30,34)/t21-/m1/s1. The topological polar surface area (TPSA) is 117 Å². The zero-order valence-electron chi connectivity index (χ0n) is 19.7. The average Bonchev–Trinajstić information content (AvgIpc) is 3.34. The molecule has 2 aromatic heterocycles. The molecule has 3 heterocycles. The van der Waals surface area contributed by atoms with Crippen molar-refractivity contribution in [3.8, 4) is 6.07 Å². The number of fused-ring (bicyclic) bond motifs is 1. The third-order valence-electron chi connectivity index (χ3n) is 6.40. The predicted molar refractivity (Wildman–Crippen MR) is 141 cm³/mol. The molecule has 36 heavy (non-hydrogen) atoms. The molecule has 1 aliphatic rings. The second-order valence-electron chi connectivity index (χ2n) is 8.92. The maximum atomic E-state index is 13.8. The number of aromatic nitrogens is 2. The third-order valence-corrected chi connectivity index (χ3v) is 7.36. The molecule has 182 valence electrons. The minimum atomic E-state index is -0.272. The number of thiophene rings is 1. The van der Waals surface area contributed by atoms with Crippen molar-refractivity contribution in [2.24, 2.45) is 5.73 Å². The molecule has 1 saturated heterocycles. The van der Waals surface area contributed by atoms with Crippen LogP contribution in [-0.2, 0) is 13.1 Å². The van der Waals surface area contributed by atoms with Gasteiger partial charge in [0.05, 0.1) is 23.7 Å². The normalized spacial score (nSPS) is 15.6. The molecule has 1 fully saturated rings. The number of nitrogens with two attached hydrogens (primary N) is 1. The summed E-state index contributed by atoms with van der Waals surface area (Å²) in [5, 5.41) is 14.2. The number of amides is 1. The second-order valence-corrected chi connectivity index (χ2v) is 9.80. The number of anilines is 1.